The first-order chi connectivity index (χ1) is 5.19. The van der Waals surface area contributed by atoms with Crippen molar-refractivity contribution in [1.82, 2.24) is 0 Å². The molecule has 0 amide bonds. The van der Waals surface area contributed by atoms with E-state index in [9.17, 15) is 13.2 Å². The molecule has 74 valence electrons. The van der Waals surface area contributed by atoms with E-state index < -0.39 is 24.1 Å². The van der Waals surface area contributed by atoms with Crippen LogP contribution >= 0.6 is 0 Å². The SMILES string of the molecule is CC(C)(CO)CC(O)C(F)(F)F. The molecule has 0 aromatic heterocycles. The van der Waals surface area contributed by atoms with E-state index in [1.807, 2.05) is 0 Å². The Hall–Kier alpha value is -0.290. The third-order valence-corrected chi connectivity index (χ3v) is 1.55. The molecule has 0 bridgehead atoms. The van der Waals surface area contributed by atoms with Crippen molar-refractivity contribution >= 4 is 0 Å². The molecule has 0 aromatic carbocycles. The summed E-state index contributed by atoms with van der Waals surface area (Å²) in [6.45, 7) is 2.55. The van der Waals surface area contributed by atoms with Crippen LogP contribution < -0.4 is 0 Å². The van der Waals surface area contributed by atoms with Crippen molar-refractivity contribution in [3.8, 4) is 0 Å². The van der Waals surface area contributed by atoms with Gasteiger partial charge in [-0.25, -0.2) is 0 Å². The summed E-state index contributed by atoms with van der Waals surface area (Å²) < 4.78 is 35.4. The number of halogens is 3. The van der Waals surface area contributed by atoms with Crippen molar-refractivity contribution in [2.24, 2.45) is 5.41 Å². The predicted molar refractivity (Wildman–Crippen MR) is 37.5 cm³/mol. The summed E-state index contributed by atoms with van der Waals surface area (Å²) in [4.78, 5) is 0. The highest BCUT2D eigenvalue weighted by molar-refractivity contribution is 4.76. The lowest BCUT2D eigenvalue weighted by Crippen LogP contribution is -2.34. The number of rotatable bonds is 3. The van der Waals surface area contributed by atoms with Crippen LogP contribution in [0.2, 0.25) is 0 Å². The molecule has 0 aliphatic carbocycles. The molecule has 0 spiro atoms. The molecular weight excluding hydrogens is 173 g/mol. The summed E-state index contributed by atoms with van der Waals surface area (Å²) in [5.74, 6) is 0. The number of aliphatic hydroxyl groups excluding tert-OH is 2. The van der Waals surface area contributed by atoms with Crippen LogP contribution in [0.5, 0.6) is 0 Å². The maximum absolute atomic E-state index is 11.8. The minimum absolute atomic E-state index is 0.375. The number of hydrogen-bond acceptors (Lipinski definition) is 2. The molecule has 0 aromatic rings. The van der Waals surface area contributed by atoms with Gasteiger partial charge in [0.1, 0.15) is 6.10 Å². The molecule has 1 atom stereocenters. The molecule has 12 heavy (non-hydrogen) atoms. The Labute approximate surface area is 69.0 Å². The molecule has 0 saturated carbocycles. The monoisotopic (exact) mass is 186 g/mol. The van der Waals surface area contributed by atoms with Crippen LogP contribution in [0, 0.1) is 5.41 Å². The minimum Gasteiger partial charge on any atom is -0.396 e. The van der Waals surface area contributed by atoms with Gasteiger partial charge in [-0.3, -0.25) is 0 Å². The third-order valence-electron chi connectivity index (χ3n) is 1.55. The Kier molecular flexibility index (Phi) is 3.53. The first kappa shape index (κ1) is 11.7. The average molecular weight is 186 g/mol. The van der Waals surface area contributed by atoms with Crippen molar-refractivity contribution in [2.75, 3.05) is 6.61 Å². The first-order valence-electron chi connectivity index (χ1n) is 3.55. The van der Waals surface area contributed by atoms with E-state index in [4.69, 9.17) is 10.2 Å². The molecular formula is C7H13F3O2. The molecule has 0 radical (unpaired) electrons. The van der Waals surface area contributed by atoms with Crippen LogP contribution in [-0.4, -0.2) is 29.1 Å². The van der Waals surface area contributed by atoms with E-state index >= 15 is 0 Å². The smallest absolute Gasteiger partial charge is 0.396 e. The lowest BCUT2D eigenvalue weighted by atomic mass is 9.87. The topological polar surface area (TPSA) is 40.5 Å². The quantitative estimate of drug-likeness (QED) is 0.697. The van der Waals surface area contributed by atoms with Crippen LogP contribution in [0.15, 0.2) is 0 Å². The molecule has 1 unspecified atom stereocenters. The van der Waals surface area contributed by atoms with Gasteiger partial charge in [-0.2, -0.15) is 13.2 Å². The van der Waals surface area contributed by atoms with Gasteiger partial charge in [0, 0.05) is 6.61 Å². The first-order valence-corrected chi connectivity index (χ1v) is 3.55. The van der Waals surface area contributed by atoms with Crippen molar-refractivity contribution in [3.63, 3.8) is 0 Å². The molecule has 2 nitrogen and oxygen atoms in total. The van der Waals surface area contributed by atoms with E-state index in [1.165, 1.54) is 13.8 Å². The van der Waals surface area contributed by atoms with E-state index in [1.54, 1.807) is 0 Å². The second-order valence-corrected chi connectivity index (χ2v) is 3.58. The molecule has 0 aliphatic rings. The van der Waals surface area contributed by atoms with Gasteiger partial charge in [-0.15, -0.1) is 0 Å². The van der Waals surface area contributed by atoms with Crippen LogP contribution in [0.4, 0.5) is 13.2 Å². The standard InChI is InChI=1S/C7H13F3O2/c1-6(2,4-11)3-5(12)7(8,9)10/h5,11-12H,3-4H2,1-2H3. The van der Waals surface area contributed by atoms with Crippen molar-refractivity contribution in [3.05, 3.63) is 0 Å². The second kappa shape index (κ2) is 3.62. The van der Waals surface area contributed by atoms with Crippen molar-refractivity contribution in [1.29, 1.82) is 0 Å². The van der Waals surface area contributed by atoms with E-state index in [0.29, 0.717) is 0 Å². The lowest BCUT2D eigenvalue weighted by Gasteiger charge is -2.25. The number of aliphatic hydroxyl groups is 2. The maximum atomic E-state index is 11.8. The fraction of sp³-hybridized carbons (Fsp3) is 1.00. The zero-order valence-electron chi connectivity index (χ0n) is 7.02. The van der Waals surface area contributed by atoms with Crippen molar-refractivity contribution < 1.29 is 23.4 Å². The van der Waals surface area contributed by atoms with Gasteiger partial charge < -0.3 is 10.2 Å². The highest BCUT2D eigenvalue weighted by atomic mass is 19.4. The van der Waals surface area contributed by atoms with Gasteiger partial charge in [0.05, 0.1) is 0 Å². The van der Waals surface area contributed by atoms with Gasteiger partial charge in [0.2, 0.25) is 0 Å². The molecule has 0 saturated heterocycles. The highest BCUT2D eigenvalue weighted by Gasteiger charge is 2.41. The molecule has 5 heteroatoms. The summed E-state index contributed by atoms with van der Waals surface area (Å²) in [7, 11) is 0. The Bertz CT molecular complexity index is 142. The Balaban J connectivity index is 4.09. The molecule has 0 aliphatic heterocycles. The molecule has 0 heterocycles. The van der Waals surface area contributed by atoms with Gasteiger partial charge in [-0.05, 0) is 11.8 Å². The van der Waals surface area contributed by atoms with Crippen LogP contribution in [0.25, 0.3) is 0 Å². The van der Waals surface area contributed by atoms with E-state index in [0.717, 1.165) is 0 Å². The Morgan fingerprint density at radius 1 is 1.25 bits per heavy atom. The maximum Gasteiger partial charge on any atom is 0.414 e. The fourth-order valence-electron chi connectivity index (χ4n) is 0.704. The van der Waals surface area contributed by atoms with E-state index in [-0.39, 0.29) is 6.61 Å². The summed E-state index contributed by atoms with van der Waals surface area (Å²) in [6.07, 6.45) is -7.42. The average Bonchev–Trinajstić information content (AvgIpc) is 1.85. The third kappa shape index (κ3) is 3.92. The van der Waals surface area contributed by atoms with Gasteiger partial charge in [0.25, 0.3) is 0 Å². The van der Waals surface area contributed by atoms with Gasteiger partial charge >= 0.3 is 6.18 Å². The molecule has 2 N–H and O–H groups in total. The van der Waals surface area contributed by atoms with Gasteiger partial charge in [-0.1, -0.05) is 13.8 Å². The Morgan fingerprint density at radius 2 is 1.67 bits per heavy atom. The summed E-state index contributed by atoms with van der Waals surface area (Å²) >= 11 is 0. The summed E-state index contributed by atoms with van der Waals surface area (Å²) in [6, 6.07) is 0. The predicted octanol–water partition coefficient (Wildman–Crippen LogP) is 1.32. The van der Waals surface area contributed by atoms with Crippen molar-refractivity contribution in [2.45, 2.75) is 32.5 Å². The number of hydrogen-bond donors (Lipinski definition) is 2. The van der Waals surface area contributed by atoms with Gasteiger partial charge in [0.15, 0.2) is 0 Å². The Morgan fingerprint density at radius 3 is 1.92 bits per heavy atom. The highest BCUT2D eigenvalue weighted by Crippen LogP contribution is 2.30. The van der Waals surface area contributed by atoms with E-state index in [2.05, 4.69) is 0 Å². The lowest BCUT2D eigenvalue weighted by molar-refractivity contribution is -0.212. The zero-order valence-corrected chi connectivity index (χ0v) is 7.02. The zero-order chi connectivity index (χ0) is 9.99. The summed E-state index contributed by atoms with van der Waals surface area (Å²) in [5.41, 5.74) is -0.894. The molecule has 0 rings (SSSR count). The van der Waals surface area contributed by atoms with Crippen LogP contribution in [0.1, 0.15) is 20.3 Å². The molecule has 0 fully saturated rings. The largest absolute Gasteiger partial charge is 0.414 e. The number of alkyl halides is 3. The minimum atomic E-state index is -4.59. The van der Waals surface area contributed by atoms with Crippen LogP contribution in [0.3, 0.4) is 0 Å². The summed E-state index contributed by atoms with van der Waals surface area (Å²) in [5, 5.41) is 17.2. The second-order valence-electron chi connectivity index (χ2n) is 3.58. The fourth-order valence-corrected chi connectivity index (χ4v) is 0.704. The normalized spacial score (nSPS) is 16.2. The van der Waals surface area contributed by atoms with Crippen LogP contribution in [-0.2, 0) is 0 Å².